The molecule has 0 aliphatic carbocycles. The Balaban J connectivity index is 2.71. The van der Waals surface area contributed by atoms with Crippen molar-refractivity contribution in [1.82, 2.24) is 15.1 Å². The number of carbonyl (C=O) groups is 1. The molecule has 0 saturated heterocycles. The molecule has 0 fully saturated rings. The zero-order valence-corrected chi connectivity index (χ0v) is 11.8. The topological polar surface area (TPSA) is 75.0 Å². The number of amides is 1. The van der Waals surface area contributed by atoms with E-state index in [-0.39, 0.29) is 5.91 Å². The Labute approximate surface area is 109 Å². The number of anilines is 1. The minimum Gasteiger partial charge on any atom is -0.395 e. The number of H-pyrrole nitrogens is 1. The van der Waals surface area contributed by atoms with Crippen LogP contribution >= 0.6 is 0 Å². The highest BCUT2D eigenvalue weighted by Crippen LogP contribution is 2.17. The van der Waals surface area contributed by atoms with Gasteiger partial charge in [0.2, 0.25) is 0 Å². The maximum absolute atomic E-state index is 12.2. The predicted molar refractivity (Wildman–Crippen MR) is 73.4 cm³/mol. The molecule has 1 aromatic rings. The van der Waals surface area contributed by atoms with Crippen LogP contribution in [0.25, 0.3) is 0 Å². The van der Waals surface area contributed by atoms with E-state index in [1.807, 2.05) is 0 Å². The normalized spacial score (nSPS) is 10.9. The second kappa shape index (κ2) is 6.42. The van der Waals surface area contributed by atoms with Crippen molar-refractivity contribution in [1.29, 1.82) is 0 Å². The van der Waals surface area contributed by atoms with Gasteiger partial charge in [0.05, 0.1) is 11.4 Å². The summed E-state index contributed by atoms with van der Waals surface area (Å²) < 4.78 is 0. The first kappa shape index (κ1) is 14.5. The molecule has 0 aliphatic heterocycles. The molecule has 0 atom stereocenters. The number of aromatic amines is 1. The van der Waals surface area contributed by atoms with Gasteiger partial charge in [-0.3, -0.25) is 9.89 Å². The van der Waals surface area contributed by atoms with Gasteiger partial charge in [0.1, 0.15) is 0 Å². The Morgan fingerprint density at radius 2 is 2.17 bits per heavy atom. The number of nitrogens with zero attached hydrogens (tertiary/aromatic N) is 2. The van der Waals surface area contributed by atoms with E-state index in [1.54, 1.807) is 11.9 Å². The number of aromatic nitrogens is 2. The van der Waals surface area contributed by atoms with Crippen molar-refractivity contribution in [2.45, 2.75) is 40.0 Å². The summed E-state index contributed by atoms with van der Waals surface area (Å²) in [4.78, 5) is 13.8. The average molecular weight is 252 g/mol. The summed E-state index contributed by atoms with van der Waals surface area (Å²) in [5.74, 6) is 0.471. The Kier molecular flexibility index (Phi) is 5.19. The lowest BCUT2D eigenvalue weighted by Crippen LogP contribution is -2.29. The lowest BCUT2D eigenvalue weighted by Gasteiger charge is -2.17. The number of carbonyl (C=O) groups excluding carboxylic acids is 1. The molecule has 0 unspecified atom stereocenters. The van der Waals surface area contributed by atoms with Crippen LogP contribution in [0.4, 0.5) is 5.69 Å². The Bertz CT molecular complexity index is 398. The van der Waals surface area contributed by atoms with Crippen LogP contribution in [0.3, 0.4) is 0 Å². The molecule has 102 valence electrons. The number of rotatable bonds is 6. The Morgan fingerprint density at radius 1 is 1.50 bits per heavy atom. The highest BCUT2D eigenvalue weighted by Gasteiger charge is 2.20. The number of nitrogens with two attached hydrogens (primary N) is 1. The quantitative estimate of drug-likeness (QED) is 0.813. The van der Waals surface area contributed by atoms with Crippen molar-refractivity contribution in [3.8, 4) is 0 Å². The predicted octanol–water partition coefficient (Wildman–Crippen LogP) is 2.06. The molecule has 0 aliphatic rings. The summed E-state index contributed by atoms with van der Waals surface area (Å²) in [6.07, 6.45) is 2.78. The largest absolute Gasteiger partial charge is 0.395 e. The minimum atomic E-state index is -0.105. The van der Waals surface area contributed by atoms with E-state index in [0.717, 1.165) is 31.5 Å². The fourth-order valence-electron chi connectivity index (χ4n) is 1.72. The van der Waals surface area contributed by atoms with Gasteiger partial charge >= 0.3 is 0 Å². The molecule has 5 heteroatoms. The lowest BCUT2D eigenvalue weighted by atomic mass is 10.1. The molecule has 1 amide bonds. The molecular formula is C13H24N4O. The molecule has 1 rings (SSSR count). The summed E-state index contributed by atoms with van der Waals surface area (Å²) in [7, 11) is 1.79. The highest BCUT2D eigenvalue weighted by atomic mass is 16.2. The fraction of sp³-hybridized carbons (Fsp3) is 0.692. The summed E-state index contributed by atoms with van der Waals surface area (Å²) in [5, 5.41) is 6.89. The number of nitrogens with one attached hydrogen (secondary N) is 1. The van der Waals surface area contributed by atoms with Gasteiger partial charge in [-0.15, -0.1) is 0 Å². The smallest absolute Gasteiger partial charge is 0.276 e. The van der Waals surface area contributed by atoms with Gasteiger partial charge in [-0.2, -0.15) is 5.10 Å². The molecule has 0 saturated carbocycles. The zero-order valence-electron chi connectivity index (χ0n) is 11.8. The van der Waals surface area contributed by atoms with Crippen molar-refractivity contribution >= 4 is 11.6 Å². The molecule has 1 heterocycles. The van der Waals surface area contributed by atoms with E-state index in [1.165, 1.54) is 0 Å². The fourth-order valence-corrected chi connectivity index (χ4v) is 1.72. The van der Waals surface area contributed by atoms with Crippen LogP contribution in [0.1, 0.15) is 49.8 Å². The van der Waals surface area contributed by atoms with Crippen molar-refractivity contribution < 1.29 is 4.79 Å². The summed E-state index contributed by atoms with van der Waals surface area (Å²) >= 11 is 0. The Morgan fingerprint density at radius 3 is 2.72 bits per heavy atom. The number of aryl methyl sites for hydroxylation is 1. The standard InChI is InChI=1S/C13H24N4O/c1-5-6-10-11(14)12(16-15-10)13(18)17(4)8-7-9(2)3/h9H,5-8,14H2,1-4H3,(H,15,16). The van der Waals surface area contributed by atoms with E-state index in [4.69, 9.17) is 5.73 Å². The van der Waals surface area contributed by atoms with Crippen molar-refractivity contribution in [3.63, 3.8) is 0 Å². The molecule has 18 heavy (non-hydrogen) atoms. The third kappa shape index (κ3) is 3.48. The third-order valence-corrected chi connectivity index (χ3v) is 2.97. The van der Waals surface area contributed by atoms with Crippen LogP contribution in [0.15, 0.2) is 0 Å². The lowest BCUT2D eigenvalue weighted by molar-refractivity contribution is 0.0784. The van der Waals surface area contributed by atoms with Crippen LogP contribution in [-0.4, -0.2) is 34.6 Å². The van der Waals surface area contributed by atoms with Gasteiger partial charge in [-0.1, -0.05) is 27.2 Å². The van der Waals surface area contributed by atoms with E-state index < -0.39 is 0 Å². The van der Waals surface area contributed by atoms with Crippen molar-refractivity contribution in [2.24, 2.45) is 5.92 Å². The monoisotopic (exact) mass is 252 g/mol. The average Bonchev–Trinajstić information content (AvgIpc) is 2.68. The van der Waals surface area contributed by atoms with Gasteiger partial charge in [0, 0.05) is 13.6 Å². The number of hydrogen-bond acceptors (Lipinski definition) is 3. The van der Waals surface area contributed by atoms with E-state index in [9.17, 15) is 4.79 Å². The molecule has 1 aromatic heterocycles. The summed E-state index contributed by atoms with van der Waals surface area (Å²) in [5.41, 5.74) is 7.65. The molecular weight excluding hydrogens is 228 g/mol. The van der Waals surface area contributed by atoms with E-state index >= 15 is 0 Å². The first-order valence-electron chi connectivity index (χ1n) is 6.55. The Hall–Kier alpha value is -1.52. The zero-order chi connectivity index (χ0) is 13.7. The van der Waals surface area contributed by atoms with Gasteiger partial charge in [-0.05, 0) is 18.8 Å². The van der Waals surface area contributed by atoms with Gasteiger partial charge in [0.25, 0.3) is 5.91 Å². The van der Waals surface area contributed by atoms with Crippen LogP contribution in [0.5, 0.6) is 0 Å². The van der Waals surface area contributed by atoms with Crippen molar-refractivity contribution in [3.05, 3.63) is 11.4 Å². The SMILES string of the molecule is CCCc1[nH]nc(C(=O)N(C)CCC(C)C)c1N. The maximum Gasteiger partial charge on any atom is 0.276 e. The van der Waals surface area contributed by atoms with Crippen LogP contribution in [0.2, 0.25) is 0 Å². The molecule has 0 radical (unpaired) electrons. The number of hydrogen-bond donors (Lipinski definition) is 2. The summed E-state index contributed by atoms with van der Waals surface area (Å²) in [6.45, 7) is 7.07. The van der Waals surface area contributed by atoms with Gasteiger partial charge < -0.3 is 10.6 Å². The first-order chi connectivity index (χ1) is 8.47. The number of nitrogen functional groups attached to an aromatic ring is 1. The van der Waals surface area contributed by atoms with E-state index in [2.05, 4.69) is 31.0 Å². The van der Waals surface area contributed by atoms with Crippen LogP contribution < -0.4 is 5.73 Å². The van der Waals surface area contributed by atoms with Gasteiger partial charge in [-0.25, -0.2) is 0 Å². The molecule has 0 bridgehead atoms. The summed E-state index contributed by atoms with van der Waals surface area (Å²) in [6, 6.07) is 0. The molecule has 3 N–H and O–H groups in total. The second-order valence-corrected chi connectivity index (χ2v) is 5.12. The van der Waals surface area contributed by atoms with Crippen molar-refractivity contribution in [2.75, 3.05) is 19.3 Å². The van der Waals surface area contributed by atoms with E-state index in [0.29, 0.717) is 17.3 Å². The third-order valence-electron chi connectivity index (χ3n) is 2.97. The molecule has 5 nitrogen and oxygen atoms in total. The van der Waals surface area contributed by atoms with Crippen LogP contribution in [-0.2, 0) is 6.42 Å². The second-order valence-electron chi connectivity index (χ2n) is 5.12. The van der Waals surface area contributed by atoms with Gasteiger partial charge in [0.15, 0.2) is 5.69 Å². The minimum absolute atomic E-state index is 0.105. The highest BCUT2D eigenvalue weighted by molar-refractivity contribution is 5.97. The first-order valence-corrected chi connectivity index (χ1v) is 6.55. The molecule has 0 spiro atoms. The van der Waals surface area contributed by atoms with Crippen LogP contribution in [0, 0.1) is 5.92 Å². The maximum atomic E-state index is 12.2. The molecule has 0 aromatic carbocycles.